The fourth-order valence-corrected chi connectivity index (χ4v) is 5.15. The molecule has 0 radical (unpaired) electrons. The zero-order valence-electron chi connectivity index (χ0n) is 15.8. The summed E-state index contributed by atoms with van der Waals surface area (Å²) in [5, 5.41) is 5.95. The van der Waals surface area contributed by atoms with Crippen molar-refractivity contribution in [2.45, 2.75) is 46.2 Å². The Kier molecular flexibility index (Phi) is 4.95. The van der Waals surface area contributed by atoms with Crippen molar-refractivity contribution in [1.29, 1.82) is 0 Å². The molecule has 3 heterocycles. The van der Waals surface area contributed by atoms with Crippen molar-refractivity contribution >= 4 is 39.1 Å². The first-order valence-corrected chi connectivity index (χ1v) is 10.5. The molecular weight excluding hydrogens is 380 g/mol. The van der Waals surface area contributed by atoms with Crippen LogP contribution in [0.3, 0.4) is 0 Å². The number of thiazole rings is 1. The summed E-state index contributed by atoms with van der Waals surface area (Å²) in [4.78, 5) is 20.1. The Morgan fingerprint density at radius 3 is 2.89 bits per heavy atom. The molecule has 27 heavy (non-hydrogen) atoms. The van der Waals surface area contributed by atoms with Gasteiger partial charge in [0.05, 0.1) is 27.5 Å². The number of benzene rings is 1. The maximum absolute atomic E-state index is 13.4. The number of amides is 1. The van der Waals surface area contributed by atoms with Crippen molar-refractivity contribution < 1.29 is 4.79 Å². The number of fused-ring (bicyclic) bond motifs is 1. The molecule has 1 atom stereocenters. The zero-order chi connectivity index (χ0) is 19.1. The lowest BCUT2D eigenvalue weighted by atomic mass is 10.2. The van der Waals surface area contributed by atoms with Crippen LogP contribution in [0.1, 0.15) is 53.8 Å². The van der Waals surface area contributed by atoms with Gasteiger partial charge in [-0.1, -0.05) is 37.6 Å². The van der Waals surface area contributed by atoms with Crippen LogP contribution in [0.2, 0.25) is 5.15 Å². The summed E-state index contributed by atoms with van der Waals surface area (Å²) >= 11 is 8.22. The van der Waals surface area contributed by atoms with E-state index in [0.29, 0.717) is 28.9 Å². The summed E-state index contributed by atoms with van der Waals surface area (Å²) in [6, 6.07) is 8.13. The summed E-state index contributed by atoms with van der Waals surface area (Å²) in [6.45, 7) is 7.51. The van der Waals surface area contributed by atoms with Gasteiger partial charge in [-0.15, -0.1) is 11.3 Å². The number of carbonyl (C=O) groups is 1. The van der Waals surface area contributed by atoms with Gasteiger partial charge in [0, 0.05) is 13.1 Å². The Morgan fingerprint density at radius 1 is 1.37 bits per heavy atom. The van der Waals surface area contributed by atoms with E-state index in [1.807, 2.05) is 30.0 Å². The molecule has 1 amide bonds. The maximum atomic E-state index is 13.4. The van der Waals surface area contributed by atoms with Gasteiger partial charge in [0.15, 0.2) is 0 Å². The monoisotopic (exact) mass is 402 g/mol. The van der Waals surface area contributed by atoms with E-state index in [-0.39, 0.29) is 11.9 Å². The third kappa shape index (κ3) is 3.36. The fourth-order valence-electron chi connectivity index (χ4n) is 3.71. The highest BCUT2D eigenvalue weighted by molar-refractivity contribution is 7.18. The van der Waals surface area contributed by atoms with Gasteiger partial charge in [0.1, 0.15) is 10.2 Å². The quantitative estimate of drug-likeness (QED) is 0.610. The summed E-state index contributed by atoms with van der Waals surface area (Å²) in [5.74, 6) is 0.376. The first kappa shape index (κ1) is 18.4. The van der Waals surface area contributed by atoms with Crippen molar-refractivity contribution in [2.75, 3.05) is 6.54 Å². The largest absolute Gasteiger partial charge is 0.329 e. The molecule has 1 saturated heterocycles. The second-order valence-corrected chi connectivity index (χ2v) is 8.92. The number of aromatic nitrogens is 3. The molecule has 7 heteroatoms. The number of nitrogens with zero attached hydrogens (tertiary/aromatic N) is 4. The van der Waals surface area contributed by atoms with Crippen LogP contribution in [0.25, 0.3) is 10.2 Å². The molecular formula is C20H23ClN4OS. The van der Waals surface area contributed by atoms with Gasteiger partial charge >= 0.3 is 0 Å². The molecule has 0 spiro atoms. The second kappa shape index (κ2) is 7.24. The average molecular weight is 403 g/mol. The van der Waals surface area contributed by atoms with Gasteiger partial charge in [-0.05, 0) is 37.8 Å². The molecule has 1 aliphatic rings. The molecule has 0 N–H and O–H groups in total. The van der Waals surface area contributed by atoms with Crippen molar-refractivity contribution in [3.63, 3.8) is 0 Å². The highest BCUT2D eigenvalue weighted by atomic mass is 35.5. The number of hydrogen-bond acceptors (Lipinski definition) is 4. The van der Waals surface area contributed by atoms with Crippen LogP contribution in [0.15, 0.2) is 24.3 Å². The molecule has 4 rings (SSSR count). The Hall–Kier alpha value is -1.92. The summed E-state index contributed by atoms with van der Waals surface area (Å²) in [5.41, 5.74) is 2.22. The first-order valence-electron chi connectivity index (χ1n) is 9.35. The Bertz CT molecular complexity index is 960. The number of halogens is 1. The number of aryl methyl sites for hydroxylation is 1. The lowest BCUT2D eigenvalue weighted by molar-refractivity contribution is 0.0735. The molecule has 142 valence electrons. The highest BCUT2D eigenvalue weighted by Crippen LogP contribution is 2.38. The predicted octanol–water partition coefficient (Wildman–Crippen LogP) is 5.09. The molecule has 2 aromatic heterocycles. The molecule has 0 saturated carbocycles. The lowest BCUT2D eigenvalue weighted by Gasteiger charge is -2.23. The van der Waals surface area contributed by atoms with Gasteiger partial charge in [-0.3, -0.25) is 9.48 Å². The van der Waals surface area contributed by atoms with Crippen LogP contribution in [0.5, 0.6) is 0 Å². The molecule has 1 unspecified atom stereocenters. The van der Waals surface area contributed by atoms with Crippen LogP contribution in [0.4, 0.5) is 0 Å². The Morgan fingerprint density at radius 2 is 2.15 bits per heavy atom. The van der Waals surface area contributed by atoms with Crippen molar-refractivity contribution in [3.05, 3.63) is 45.7 Å². The van der Waals surface area contributed by atoms with E-state index in [4.69, 9.17) is 16.6 Å². The van der Waals surface area contributed by atoms with Crippen LogP contribution in [0, 0.1) is 12.8 Å². The SMILES string of the molecule is Cc1nn(CC(C)C)c(Cl)c1C(=O)N1CCCC1c1nc2ccccc2s1. The average Bonchev–Trinajstić information content (AvgIpc) is 3.32. The molecule has 1 fully saturated rings. The number of para-hydroxylation sites is 1. The van der Waals surface area contributed by atoms with Crippen LogP contribution in [-0.2, 0) is 6.54 Å². The summed E-state index contributed by atoms with van der Waals surface area (Å²) in [6.07, 6.45) is 1.91. The van der Waals surface area contributed by atoms with Crippen LogP contribution < -0.4 is 0 Å². The van der Waals surface area contributed by atoms with Gasteiger partial charge in [0.25, 0.3) is 5.91 Å². The van der Waals surface area contributed by atoms with E-state index in [0.717, 1.165) is 34.6 Å². The summed E-state index contributed by atoms with van der Waals surface area (Å²) < 4.78 is 2.91. The number of carbonyl (C=O) groups excluding carboxylic acids is 1. The van der Waals surface area contributed by atoms with Crippen LogP contribution >= 0.6 is 22.9 Å². The van der Waals surface area contributed by atoms with E-state index in [9.17, 15) is 4.79 Å². The third-order valence-electron chi connectivity index (χ3n) is 4.93. The van der Waals surface area contributed by atoms with E-state index in [1.165, 1.54) is 0 Å². The van der Waals surface area contributed by atoms with Crippen molar-refractivity contribution in [1.82, 2.24) is 19.7 Å². The second-order valence-electron chi connectivity index (χ2n) is 7.50. The normalized spacial score (nSPS) is 17.4. The molecule has 1 aliphatic heterocycles. The predicted molar refractivity (Wildman–Crippen MR) is 109 cm³/mol. The van der Waals surface area contributed by atoms with E-state index in [1.54, 1.807) is 16.0 Å². The van der Waals surface area contributed by atoms with Gasteiger partial charge < -0.3 is 4.90 Å². The van der Waals surface area contributed by atoms with Crippen LogP contribution in [-0.4, -0.2) is 32.1 Å². The Balaban J connectivity index is 1.66. The van der Waals surface area contributed by atoms with E-state index in [2.05, 4.69) is 25.0 Å². The number of likely N-dealkylation sites (tertiary alicyclic amines) is 1. The number of rotatable bonds is 4. The van der Waals surface area contributed by atoms with E-state index < -0.39 is 0 Å². The molecule has 0 aliphatic carbocycles. The molecule has 3 aromatic rings. The maximum Gasteiger partial charge on any atom is 0.259 e. The van der Waals surface area contributed by atoms with Crippen molar-refractivity contribution in [3.8, 4) is 0 Å². The minimum Gasteiger partial charge on any atom is -0.329 e. The minimum atomic E-state index is -0.0331. The fraction of sp³-hybridized carbons (Fsp3) is 0.450. The number of hydrogen-bond donors (Lipinski definition) is 0. The molecule has 5 nitrogen and oxygen atoms in total. The Labute approximate surface area is 168 Å². The lowest BCUT2D eigenvalue weighted by Crippen LogP contribution is -2.31. The smallest absolute Gasteiger partial charge is 0.259 e. The highest BCUT2D eigenvalue weighted by Gasteiger charge is 2.35. The van der Waals surface area contributed by atoms with Crippen molar-refractivity contribution in [2.24, 2.45) is 5.92 Å². The first-order chi connectivity index (χ1) is 13.0. The third-order valence-corrected chi connectivity index (χ3v) is 6.45. The van der Waals surface area contributed by atoms with E-state index >= 15 is 0 Å². The molecule has 1 aromatic carbocycles. The van der Waals surface area contributed by atoms with Gasteiger partial charge in [-0.25, -0.2) is 4.98 Å². The topological polar surface area (TPSA) is 51.0 Å². The molecule has 0 bridgehead atoms. The summed E-state index contributed by atoms with van der Waals surface area (Å²) in [7, 11) is 0. The standard InChI is InChI=1S/C20H23ClN4OS/c1-12(2)11-25-18(21)17(13(3)23-25)20(26)24-10-6-8-15(24)19-22-14-7-4-5-9-16(14)27-19/h4-5,7,9,12,15H,6,8,10-11H2,1-3H3. The van der Waals surface area contributed by atoms with Gasteiger partial charge in [-0.2, -0.15) is 5.10 Å². The minimum absolute atomic E-state index is 0.0128. The zero-order valence-corrected chi connectivity index (χ0v) is 17.3. The van der Waals surface area contributed by atoms with Gasteiger partial charge in [0.2, 0.25) is 0 Å².